The van der Waals surface area contributed by atoms with Crippen molar-refractivity contribution >= 4 is 0 Å². The molecule has 3 aromatic carbocycles. The van der Waals surface area contributed by atoms with E-state index in [1.807, 2.05) is 54.6 Å². The highest BCUT2D eigenvalue weighted by molar-refractivity contribution is 5.35. The summed E-state index contributed by atoms with van der Waals surface area (Å²) in [4.78, 5) is 0. The van der Waals surface area contributed by atoms with Crippen molar-refractivity contribution in [3.8, 4) is 17.2 Å². The van der Waals surface area contributed by atoms with E-state index in [1.165, 1.54) is 5.56 Å². The Morgan fingerprint density at radius 3 is 1.97 bits per heavy atom. The standard InChI is InChI=1S/C26H30NO3.BrH/c1-3-8-23(9-4-1)22-27(17-20-28-21-18-27)16-7-19-29-24-12-14-26(15-13-24)30-25-10-5-2-6-11-25;/h1-6,8-15H,7,16-22H2;1H/q+1;/p-1. The summed E-state index contributed by atoms with van der Waals surface area (Å²) in [6.07, 6.45) is 1.02. The lowest BCUT2D eigenvalue weighted by Gasteiger charge is -2.41. The van der Waals surface area contributed by atoms with Gasteiger partial charge in [0.1, 0.15) is 36.9 Å². The van der Waals surface area contributed by atoms with Crippen LogP contribution in [0.15, 0.2) is 84.9 Å². The van der Waals surface area contributed by atoms with Crippen LogP contribution in [-0.4, -0.2) is 43.9 Å². The lowest BCUT2D eigenvalue weighted by atomic mass is 10.1. The fourth-order valence-corrected chi connectivity index (χ4v) is 3.98. The van der Waals surface area contributed by atoms with Gasteiger partial charge in [-0.2, -0.15) is 0 Å². The molecule has 5 heteroatoms. The van der Waals surface area contributed by atoms with Gasteiger partial charge in [-0.05, 0) is 36.4 Å². The van der Waals surface area contributed by atoms with Gasteiger partial charge >= 0.3 is 0 Å². The Kier molecular flexibility index (Phi) is 8.95. The van der Waals surface area contributed by atoms with Gasteiger partial charge in [-0.25, -0.2) is 0 Å². The van der Waals surface area contributed by atoms with Crippen LogP contribution in [0.1, 0.15) is 12.0 Å². The summed E-state index contributed by atoms with van der Waals surface area (Å²) in [6.45, 7) is 6.71. The maximum atomic E-state index is 6.00. The Hall–Kier alpha value is -2.34. The van der Waals surface area contributed by atoms with Crippen LogP contribution in [-0.2, 0) is 11.3 Å². The number of morpholine rings is 1. The van der Waals surface area contributed by atoms with E-state index >= 15 is 0 Å². The van der Waals surface area contributed by atoms with E-state index in [0.717, 1.165) is 67.5 Å². The van der Waals surface area contributed by atoms with E-state index in [1.54, 1.807) is 0 Å². The molecule has 0 radical (unpaired) electrons. The fourth-order valence-electron chi connectivity index (χ4n) is 3.98. The lowest BCUT2D eigenvalue weighted by Crippen LogP contribution is -3.00. The van der Waals surface area contributed by atoms with Crippen molar-refractivity contribution in [2.75, 3.05) is 39.5 Å². The molecule has 0 spiro atoms. The summed E-state index contributed by atoms with van der Waals surface area (Å²) in [6, 6.07) is 28.4. The Labute approximate surface area is 195 Å². The first-order valence-electron chi connectivity index (χ1n) is 10.7. The second-order valence-electron chi connectivity index (χ2n) is 7.86. The minimum Gasteiger partial charge on any atom is -1.00 e. The summed E-state index contributed by atoms with van der Waals surface area (Å²) in [5.74, 6) is 2.53. The van der Waals surface area contributed by atoms with Gasteiger partial charge in [-0.15, -0.1) is 0 Å². The molecule has 0 atom stereocenters. The average Bonchev–Trinajstić information content (AvgIpc) is 2.80. The smallest absolute Gasteiger partial charge is 0.127 e. The molecule has 31 heavy (non-hydrogen) atoms. The van der Waals surface area contributed by atoms with Gasteiger partial charge in [-0.1, -0.05) is 48.5 Å². The summed E-state index contributed by atoms with van der Waals surface area (Å²) in [5.41, 5.74) is 1.40. The summed E-state index contributed by atoms with van der Waals surface area (Å²) in [7, 11) is 0. The Balaban J connectivity index is 0.00000272. The first kappa shape index (κ1) is 23.3. The minimum atomic E-state index is 0. The first-order chi connectivity index (χ1) is 14.8. The predicted molar refractivity (Wildman–Crippen MR) is 119 cm³/mol. The molecule has 1 heterocycles. The first-order valence-corrected chi connectivity index (χ1v) is 10.7. The maximum absolute atomic E-state index is 6.00. The van der Waals surface area contributed by atoms with Crippen molar-refractivity contribution in [2.45, 2.75) is 13.0 Å². The molecule has 4 rings (SSSR count). The number of hydrogen-bond donors (Lipinski definition) is 0. The van der Waals surface area contributed by atoms with Gasteiger partial charge < -0.3 is 35.7 Å². The van der Waals surface area contributed by atoms with Gasteiger partial charge in [0.15, 0.2) is 0 Å². The highest BCUT2D eigenvalue weighted by Crippen LogP contribution is 2.24. The largest absolute Gasteiger partial charge is 1.00 e. The zero-order valence-electron chi connectivity index (χ0n) is 17.8. The van der Waals surface area contributed by atoms with Gasteiger partial charge in [0.05, 0.1) is 26.4 Å². The second kappa shape index (κ2) is 11.9. The van der Waals surface area contributed by atoms with Crippen LogP contribution in [0, 0.1) is 0 Å². The molecule has 4 nitrogen and oxygen atoms in total. The summed E-state index contributed by atoms with van der Waals surface area (Å²) in [5, 5.41) is 0. The number of ether oxygens (including phenoxy) is 3. The van der Waals surface area contributed by atoms with Gasteiger partial charge in [0.25, 0.3) is 0 Å². The molecular weight excluding hydrogens is 454 g/mol. The number of halogens is 1. The Bertz CT molecular complexity index is 882. The number of benzene rings is 3. The number of quaternary nitrogens is 1. The van der Waals surface area contributed by atoms with E-state index < -0.39 is 0 Å². The van der Waals surface area contributed by atoms with Crippen molar-refractivity contribution in [1.82, 2.24) is 0 Å². The van der Waals surface area contributed by atoms with Crippen molar-refractivity contribution in [1.29, 1.82) is 0 Å². The SMILES string of the molecule is [Br-].c1ccc(C[N+]2(CCCOc3ccc(Oc4ccccc4)cc3)CCOCC2)cc1. The molecular formula is C26H30BrNO3. The van der Waals surface area contributed by atoms with Crippen molar-refractivity contribution in [2.24, 2.45) is 0 Å². The molecule has 0 saturated carbocycles. The van der Waals surface area contributed by atoms with E-state index in [-0.39, 0.29) is 17.0 Å². The molecule has 0 aliphatic carbocycles. The molecule has 0 aromatic heterocycles. The van der Waals surface area contributed by atoms with E-state index in [4.69, 9.17) is 14.2 Å². The van der Waals surface area contributed by atoms with E-state index in [2.05, 4.69) is 30.3 Å². The second-order valence-corrected chi connectivity index (χ2v) is 7.86. The highest BCUT2D eigenvalue weighted by atomic mass is 79.9. The highest BCUT2D eigenvalue weighted by Gasteiger charge is 2.30. The third kappa shape index (κ3) is 7.10. The molecule has 1 aliphatic heterocycles. The average molecular weight is 484 g/mol. The zero-order chi connectivity index (χ0) is 20.5. The molecule has 1 saturated heterocycles. The zero-order valence-corrected chi connectivity index (χ0v) is 19.4. The number of rotatable bonds is 9. The molecule has 0 N–H and O–H groups in total. The third-order valence-electron chi connectivity index (χ3n) is 5.63. The number of para-hydroxylation sites is 1. The molecule has 0 amide bonds. The summed E-state index contributed by atoms with van der Waals surface area (Å²) < 4.78 is 18.6. The Morgan fingerprint density at radius 2 is 1.29 bits per heavy atom. The van der Waals surface area contributed by atoms with Crippen molar-refractivity contribution in [3.05, 3.63) is 90.5 Å². The minimum absolute atomic E-state index is 0. The molecule has 0 bridgehead atoms. The van der Waals surface area contributed by atoms with Crippen LogP contribution in [0.2, 0.25) is 0 Å². The van der Waals surface area contributed by atoms with Crippen LogP contribution in [0.25, 0.3) is 0 Å². The van der Waals surface area contributed by atoms with E-state index in [0.29, 0.717) is 6.61 Å². The molecule has 1 aliphatic rings. The molecule has 164 valence electrons. The van der Waals surface area contributed by atoms with Crippen molar-refractivity contribution in [3.63, 3.8) is 0 Å². The van der Waals surface area contributed by atoms with Gasteiger partial charge in [-0.3, -0.25) is 0 Å². The molecule has 3 aromatic rings. The maximum Gasteiger partial charge on any atom is 0.127 e. The van der Waals surface area contributed by atoms with E-state index in [9.17, 15) is 0 Å². The van der Waals surface area contributed by atoms with Crippen LogP contribution in [0.4, 0.5) is 0 Å². The van der Waals surface area contributed by atoms with Crippen molar-refractivity contribution < 1.29 is 35.7 Å². The van der Waals surface area contributed by atoms with Crippen LogP contribution >= 0.6 is 0 Å². The topological polar surface area (TPSA) is 27.7 Å². The third-order valence-corrected chi connectivity index (χ3v) is 5.63. The monoisotopic (exact) mass is 483 g/mol. The summed E-state index contributed by atoms with van der Waals surface area (Å²) >= 11 is 0. The number of hydrogen-bond acceptors (Lipinski definition) is 3. The van der Waals surface area contributed by atoms with Crippen LogP contribution in [0.3, 0.4) is 0 Å². The van der Waals surface area contributed by atoms with Gasteiger partial charge in [0, 0.05) is 12.0 Å². The molecule has 0 unspecified atom stereocenters. The fraction of sp³-hybridized carbons (Fsp3) is 0.308. The normalized spacial score (nSPS) is 15.0. The Morgan fingerprint density at radius 1 is 0.710 bits per heavy atom. The number of nitrogens with zero attached hydrogens (tertiary/aromatic N) is 1. The van der Waals surface area contributed by atoms with Gasteiger partial charge in [0.2, 0.25) is 0 Å². The lowest BCUT2D eigenvalue weighted by molar-refractivity contribution is -0.947. The molecule has 1 fully saturated rings. The van der Waals surface area contributed by atoms with Crippen LogP contribution in [0.5, 0.6) is 17.2 Å². The predicted octanol–water partition coefficient (Wildman–Crippen LogP) is 2.30. The van der Waals surface area contributed by atoms with Crippen LogP contribution < -0.4 is 26.5 Å². The quantitative estimate of drug-likeness (QED) is 0.345.